The van der Waals surface area contributed by atoms with E-state index in [9.17, 15) is 17.6 Å². The number of methoxy groups -OCH3 is 1. The van der Waals surface area contributed by atoms with Crippen molar-refractivity contribution in [1.29, 1.82) is 0 Å². The molecule has 1 atom stereocenters. The highest BCUT2D eigenvalue weighted by molar-refractivity contribution is 7.89. The van der Waals surface area contributed by atoms with Gasteiger partial charge in [0.2, 0.25) is 10.0 Å². The van der Waals surface area contributed by atoms with Crippen molar-refractivity contribution in [2.45, 2.75) is 17.4 Å². The number of amides is 1. The maximum Gasteiger partial charge on any atom is 0.251 e. The standard InChI is InChI=1S/C25H23FN2O4S/c1-3-16-27-33(30,31)23-14-8-20(9-15-23)25(29)28-24(17-18-4-10-21(26)11-5-18)19-6-12-22(32-2)13-7-19/h1,4-15,24,27H,16-17H2,2H3,(H,28,29). The second-order valence-corrected chi connectivity index (χ2v) is 8.95. The number of nitrogens with one attached hydrogen (secondary N) is 2. The zero-order valence-corrected chi connectivity index (χ0v) is 18.7. The van der Waals surface area contributed by atoms with E-state index >= 15 is 0 Å². The molecule has 0 aliphatic rings. The number of ether oxygens (including phenoxy) is 1. The molecule has 0 saturated heterocycles. The minimum absolute atomic E-state index is 0.00677. The van der Waals surface area contributed by atoms with Crippen molar-refractivity contribution < 1.29 is 22.3 Å². The van der Waals surface area contributed by atoms with Crippen LogP contribution in [0.15, 0.2) is 77.7 Å². The van der Waals surface area contributed by atoms with Crippen molar-refractivity contribution in [2.24, 2.45) is 0 Å². The molecule has 6 nitrogen and oxygen atoms in total. The number of sulfonamides is 1. The van der Waals surface area contributed by atoms with E-state index in [0.29, 0.717) is 17.7 Å². The van der Waals surface area contributed by atoms with Crippen molar-refractivity contribution in [3.8, 4) is 18.1 Å². The molecule has 0 fully saturated rings. The average molecular weight is 467 g/mol. The van der Waals surface area contributed by atoms with Crippen LogP contribution in [0, 0.1) is 18.2 Å². The summed E-state index contributed by atoms with van der Waals surface area (Å²) in [5, 5.41) is 2.98. The molecule has 3 aromatic rings. The Morgan fingerprint density at radius 3 is 2.24 bits per heavy atom. The maximum absolute atomic E-state index is 13.3. The molecular formula is C25H23FN2O4S. The molecule has 33 heavy (non-hydrogen) atoms. The lowest BCUT2D eigenvalue weighted by Crippen LogP contribution is -2.30. The Balaban J connectivity index is 1.81. The van der Waals surface area contributed by atoms with Gasteiger partial charge in [-0.3, -0.25) is 4.79 Å². The van der Waals surface area contributed by atoms with Crippen molar-refractivity contribution in [1.82, 2.24) is 10.0 Å². The summed E-state index contributed by atoms with van der Waals surface area (Å²) >= 11 is 0. The molecule has 0 aliphatic carbocycles. The maximum atomic E-state index is 13.3. The summed E-state index contributed by atoms with van der Waals surface area (Å²) in [6.07, 6.45) is 5.53. The molecule has 3 rings (SSSR count). The van der Waals surface area contributed by atoms with E-state index in [4.69, 9.17) is 11.2 Å². The first-order valence-corrected chi connectivity index (χ1v) is 11.5. The van der Waals surface area contributed by atoms with Gasteiger partial charge >= 0.3 is 0 Å². The number of rotatable bonds is 9. The van der Waals surface area contributed by atoms with Crippen LogP contribution in [0.25, 0.3) is 0 Å². The smallest absolute Gasteiger partial charge is 0.251 e. The predicted molar refractivity (Wildman–Crippen MR) is 124 cm³/mol. The van der Waals surface area contributed by atoms with Crippen molar-refractivity contribution in [3.05, 3.63) is 95.3 Å². The summed E-state index contributed by atoms with van der Waals surface area (Å²) in [7, 11) is -2.18. The van der Waals surface area contributed by atoms with Crippen LogP contribution >= 0.6 is 0 Å². The Hall–Kier alpha value is -3.67. The van der Waals surface area contributed by atoms with Crippen LogP contribution in [0.3, 0.4) is 0 Å². The Morgan fingerprint density at radius 2 is 1.67 bits per heavy atom. The summed E-state index contributed by atoms with van der Waals surface area (Å²) in [5.41, 5.74) is 1.98. The monoisotopic (exact) mass is 466 g/mol. The van der Waals surface area contributed by atoms with Gasteiger partial charge in [-0.2, -0.15) is 4.72 Å². The summed E-state index contributed by atoms with van der Waals surface area (Å²) in [6.45, 7) is -0.127. The Labute approximate surface area is 192 Å². The van der Waals surface area contributed by atoms with Gasteiger partial charge < -0.3 is 10.1 Å². The molecule has 0 aliphatic heterocycles. The normalized spacial score (nSPS) is 11.9. The van der Waals surface area contributed by atoms with Gasteiger partial charge in [0, 0.05) is 5.56 Å². The SMILES string of the molecule is C#CCNS(=O)(=O)c1ccc(C(=O)NC(Cc2ccc(F)cc2)c2ccc(OC)cc2)cc1. The molecule has 1 amide bonds. The number of carbonyl (C=O) groups is 1. The molecule has 0 bridgehead atoms. The fraction of sp³-hybridized carbons (Fsp3) is 0.160. The fourth-order valence-corrected chi connectivity index (χ4v) is 4.13. The molecule has 0 spiro atoms. The molecule has 0 heterocycles. The molecule has 8 heteroatoms. The van der Waals surface area contributed by atoms with E-state index < -0.39 is 16.1 Å². The van der Waals surface area contributed by atoms with Gasteiger partial charge in [-0.05, 0) is 66.1 Å². The number of terminal acetylenes is 1. The number of hydrogen-bond acceptors (Lipinski definition) is 4. The lowest BCUT2D eigenvalue weighted by Gasteiger charge is -2.20. The molecular weight excluding hydrogens is 443 g/mol. The summed E-state index contributed by atoms with van der Waals surface area (Å²) in [5.74, 6) is 2.17. The van der Waals surface area contributed by atoms with Gasteiger partial charge in [0.25, 0.3) is 5.91 Å². The van der Waals surface area contributed by atoms with Crippen molar-refractivity contribution >= 4 is 15.9 Å². The van der Waals surface area contributed by atoms with Gasteiger partial charge in [-0.1, -0.05) is 30.2 Å². The van der Waals surface area contributed by atoms with Crippen molar-refractivity contribution in [3.63, 3.8) is 0 Å². The molecule has 3 aromatic carbocycles. The summed E-state index contributed by atoms with van der Waals surface area (Å²) in [6, 6.07) is 18.5. The molecule has 2 N–H and O–H groups in total. The zero-order valence-electron chi connectivity index (χ0n) is 17.9. The van der Waals surface area contributed by atoms with Gasteiger partial charge in [0.15, 0.2) is 0 Å². The minimum atomic E-state index is -3.75. The van der Waals surface area contributed by atoms with E-state index in [-0.39, 0.29) is 23.2 Å². The second-order valence-electron chi connectivity index (χ2n) is 7.18. The lowest BCUT2D eigenvalue weighted by molar-refractivity contribution is 0.0936. The molecule has 1 unspecified atom stereocenters. The highest BCUT2D eigenvalue weighted by Gasteiger charge is 2.18. The van der Waals surface area contributed by atoms with Gasteiger partial charge in [0.05, 0.1) is 24.6 Å². The lowest BCUT2D eigenvalue weighted by atomic mass is 9.98. The highest BCUT2D eigenvalue weighted by atomic mass is 32.2. The fourth-order valence-electron chi connectivity index (χ4n) is 3.19. The predicted octanol–water partition coefficient (Wildman–Crippen LogP) is 3.46. The first kappa shape index (κ1) is 24.0. The third-order valence-corrected chi connectivity index (χ3v) is 6.38. The highest BCUT2D eigenvalue weighted by Crippen LogP contribution is 2.22. The van der Waals surface area contributed by atoms with Gasteiger partial charge in [0.1, 0.15) is 11.6 Å². The summed E-state index contributed by atoms with van der Waals surface area (Å²) < 4.78 is 45.1. The van der Waals surface area contributed by atoms with Crippen LogP contribution in [-0.2, 0) is 16.4 Å². The number of hydrogen-bond donors (Lipinski definition) is 2. The molecule has 0 radical (unpaired) electrons. The minimum Gasteiger partial charge on any atom is -0.497 e. The second kappa shape index (κ2) is 10.8. The van der Waals surface area contributed by atoms with Crippen LogP contribution in [0.1, 0.15) is 27.5 Å². The topological polar surface area (TPSA) is 84.5 Å². The van der Waals surface area contributed by atoms with Gasteiger partial charge in [-0.25, -0.2) is 12.8 Å². The van der Waals surface area contributed by atoms with E-state index in [2.05, 4.69) is 16.0 Å². The third-order valence-electron chi connectivity index (χ3n) is 4.97. The zero-order chi connectivity index (χ0) is 23.8. The van der Waals surface area contributed by atoms with Crippen LogP contribution < -0.4 is 14.8 Å². The Kier molecular flexibility index (Phi) is 7.83. The Morgan fingerprint density at radius 1 is 1.03 bits per heavy atom. The van der Waals surface area contributed by atoms with Crippen molar-refractivity contribution in [2.75, 3.05) is 13.7 Å². The number of carbonyl (C=O) groups excluding carboxylic acids is 1. The number of halogens is 1. The number of benzene rings is 3. The van der Waals surface area contributed by atoms with Gasteiger partial charge in [-0.15, -0.1) is 6.42 Å². The molecule has 170 valence electrons. The van der Waals surface area contributed by atoms with E-state index in [1.807, 2.05) is 12.1 Å². The largest absolute Gasteiger partial charge is 0.497 e. The van der Waals surface area contributed by atoms with E-state index in [1.54, 1.807) is 31.4 Å². The molecule has 0 saturated carbocycles. The third kappa shape index (κ3) is 6.42. The first-order chi connectivity index (χ1) is 15.8. The average Bonchev–Trinajstić information content (AvgIpc) is 2.84. The van der Waals surface area contributed by atoms with Crippen LogP contribution in [-0.4, -0.2) is 28.0 Å². The first-order valence-electron chi connectivity index (χ1n) is 10.0. The molecule has 0 aromatic heterocycles. The van der Waals surface area contributed by atoms with Crippen LogP contribution in [0.5, 0.6) is 5.75 Å². The summed E-state index contributed by atoms with van der Waals surface area (Å²) in [4.78, 5) is 12.9. The van der Waals surface area contributed by atoms with E-state index in [1.165, 1.54) is 36.4 Å². The van der Waals surface area contributed by atoms with Crippen LogP contribution in [0.2, 0.25) is 0 Å². The Bertz CT molecular complexity index is 1230. The van der Waals surface area contributed by atoms with Crippen LogP contribution in [0.4, 0.5) is 4.39 Å². The van der Waals surface area contributed by atoms with E-state index in [0.717, 1.165) is 11.1 Å². The quantitative estimate of drug-likeness (QED) is 0.473.